The van der Waals surface area contributed by atoms with Gasteiger partial charge in [-0.15, -0.1) is 0 Å². The summed E-state index contributed by atoms with van der Waals surface area (Å²) in [6.07, 6.45) is 8.21. The predicted octanol–water partition coefficient (Wildman–Crippen LogP) is 2.88. The van der Waals surface area contributed by atoms with Crippen LogP contribution in [0.15, 0.2) is 42.7 Å². The Balaban J connectivity index is 1.12. The molecule has 0 unspecified atom stereocenters. The van der Waals surface area contributed by atoms with Gasteiger partial charge in [0, 0.05) is 32.2 Å². The highest BCUT2D eigenvalue weighted by Crippen LogP contribution is 2.28. The maximum atomic E-state index is 13.1. The highest BCUT2D eigenvalue weighted by atomic mass is 16.5. The van der Waals surface area contributed by atoms with E-state index in [1.165, 1.54) is 0 Å². The number of aryl methyl sites for hydroxylation is 1. The number of carbonyl (C=O) groups is 2. The zero-order valence-corrected chi connectivity index (χ0v) is 26.1. The lowest BCUT2D eigenvalue weighted by Crippen LogP contribution is -2.44. The number of nitrogens with one attached hydrogen (secondary N) is 1. The molecule has 1 aliphatic heterocycles. The van der Waals surface area contributed by atoms with Crippen molar-refractivity contribution in [3.63, 3.8) is 0 Å². The summed E-state index contributed by atoms with van der Waals surface area (Å²) in [7, 11) is 2.17. The molecule has 11 heteroatoms. The van der Waals surface area contributed by atoms with Gasteiger partial charge in [-0.3, -0.25) is 9.59 Å². The van der Waals surface area contributed by atoms with Crippen molar-refractivity contribution in [2.45, 2.75) is 70.1 Å². The summed E-state index contributed by atoms with van der Waals surface area (Å²) in [5, 5.41) is 17.4. The van der Waals surface area contributed by atoms with Gasteiger partial charge >= 0.3 is 0 Å². The Morgan fingerprint density at radius 1 is 1.07 bits per heavy atom. The molecule has 0 radical (unpaired) electrons. The van der Waals surface area contributed by atoms with Crippen molar-refractivity contribution in [3.8, 4) is 11.5 Å². The standard InChI is InChI=1S/C33H46N6O5/c1-33(2,42)22-43-26-11-13-29-28(20-35-39(29)21-26)32(41)36-24-7-9-25(10-8-24)44-30-19-23(6-12-27(30)31(34)40)5-4-14-38-17-15-37(3)16-18-38/h6,11-13,19-21,24-25,42H,4-5,7-10,14-18,22H2,1-3H3,(H2,34,40)(H,36,41). The Morgan fingerprint density at radius 3 is 2.52 bits per heavy atom. The minimum Gasteiger partial charge on any atom is -0.490 e. The molecule has 2 fully saturated rings. The number of pyridine rings is 1. The zero-order chi connectivity index (χ0) is 31.3. The number of aromatic nitrogens is 2. The number of fused-ring (bicyclic) bond motifs is 1. The molecule has 44 heavy (non-hydrogen) atoms. The molecule has 238 valence electrons. The van der Waals surface area contributed by atoms with Crippen LogP contribution in [-0.2, 0) is 6.42 Å². The Bertz CT molecular complexity index is 1430. The molecule has 1 saturated heterocycles. The molecular formula is C33H46N6O5. The third kappa shape index (κ3) is 8.49. The lowest BCUT2D eigenvalue weighted by molar-refractivity contribution is 0.0283. The van der Waals surface area contributed by atoms with Crippen LogP contribution in [0, 0.1) is 0 Å². The molecule has 11 nitrogen and oxygen atoms in total. The van der Waals surface area contributed by atoms with Crippen LogP contribution in [0.25, 0.3) is 5.52 Å². The zero-order valence-electron chi connectivity index (χ0n) is 26.1. The number of ether oxygens (including phenoxy) is 2. The minimum atomic E-state index is -0.952. The molecule has 1 saturated carbocycles. The number of benzene rings is 1. The van der Waals surface area contributed by atoms with Crippen molar-refractivity contribution < 1.29 is 24.2 Å². The van der Waals surface area contributed by atoms with Gasteiger partial charge in [-0.05, 0) is 95.8 Å². The van der Waals surface area contributed by atoms with E-state index in [4.69, 9.17) is 15.2 Å². The molecule has 2 aromatic heterocycles. The monoisotopic (exact) mass is 606 g/mol. The lowest BCUT2D eigenvalue weighted by Gasteiger charge is -2.32. The van der Waals surface area contributed by atoms with E-state index in [-0.39, 0.29) is 24.7 Å². The number of hydrogen-bond acceptors (Lipinski definition) is 8. The van der Waals surface area contributed by atoms with Gasteiger partial charge in [-0.25, -0.2) is 4.52 Å². The highest BCUT2D eigenvalue weighted by Gasteiger charge is 2.26. The average molecular weight is 607 g/mol. The van der Waals surface area contributed by atoms with Crippen LogP contribution >= 0.6 is 0 Å². The number of amides is 2. The van der Waals surface area contributed by atoms with Crippen molar-refractivity contribution in [1.82, 2.24) is 24.7 Å². The Kier molecular flexibility index (Phi) is 10.1. The van der Waals surface area contributed by atoms with Crippen molar-refractivity contribution in [3.05, 3.63) is 59.4 Å². The number of aliphatic hydroxyl groups is 1. The predicted molar refractivity (Wildman–Crippen MR) is 168 cm³/mol. The second-order valence-corrected chi connectivity index (χ2v) is 12.9. The summed E-state index contributed by atoms with van der Waals surface area (Å²) in [4.78, 5) is 30.2. The summed E-state index contributed by atoms with van der Waals surface area (Å²) >= 11 is 0. The van der Waals surface area contributed by atoms with Gasteiger partial charge in [0.15, 0.2) is 0 Å². The first-order valence-corrected chi connectivity index (χ1v) is 15.7. The van der Waals surface area contributed by atoms with Gasteiger partial charge < -0.3 is 35.4 Å². The summed E-state index contributed by atoms with van der Waals surface area (Å²) in [5.41, 5.74) is 7.45. The van der Waals surface area contributed by atoms with E-state index in [1.807, 2.05) is 12.1 Å². The van der Waals surface area contributed by atoms with Gasteiger partial charge in [-0.2, -0.15) is 5.10 Å². The van der Waals surface area contributed by atoms with E-state index in [2.05, 4.69) is 27.3 Å². The third-order valence-electron chi connectivity index (χ3n) is 8.48. The second kappa shape index (κ2) is 14.0. The van der Waals surface area contributed by atoms with Gasteiger partial charge in [0.2, 0.25) is 0 Å². The average Bonchev–Trinajstić information content (AvgIpc) is 3.41. The van der Waals surface area contributed by atoms with Crippen LogP contribution < -0.4 is 20.5 Å². The van der Waals surface area contributed by atoms with Crippen LogP contribution in [0.2, 0.25) is 0 Å². The fraction of sp³-hybridized carbons (Fsp3) is 0.545. The van der Waals surface area contributed by atoms with Crippen LogP contribution in [0.1, 0.15) is 72.2 Å². The molecular weight excluding hydrogens is 560 g/mol. The second-order valence-electron chi connectivity index (χ2n) is 12.9. The van der Waals surface area contributed by atoms with Gasteiger partial charge in [0.05, 0.1) is 40.7 Å². The summed E-state index contributed by atoms with van der Waals surface area (Å²) in [6.45, 7) is 8.99. The topological polar surface area (TPSA) is 135 Å². The fourth-order valence-corrected chi connectivity index (χ4v) is 5.85. The number of rotatable bonds is 12. The molecule has 0 bridgehead atoms. The first kappa shape index (κ1) is 31.7. The van der Waals surface area contributed by atoms with E-state index in [0.717, 1.165) is 76.8 Å². The highest BCUT2D eigenvalue weighted by molar-refractivity contribution is 6.00. The van der Waals surface area contributed by atoms with E-state index < -0.39 is 11.5 Å². The quantitative estimate of drug-likeness (QED) is 0.287. The van der Waals surface area contributed by atoms with Crippen molar-refractivity contribution in [2.75, 3.05) is 46.4 Å². The maximum Gasteiger partial charge on any atom is 0.255 e. The van der Waals surface area contributed by atoms with Gasteiger partial charge in [0.1, 0.15) is 18.1 Å². The van der Waals surface area contributed by atoms with E-state index in [1.54, 1.807) is 49.0 Å². The molecule has 3 aromatic rings. The first-order valence-electron chi connectivity index (χ1n) is 15.7. The van der Waals surface area contributed by atoms with E-state index in [0.29, 0.717) is 28.1 Å². The van der Waals surface area contributed by atoms with Gasteiger partial charge in [-0.1, -0.05) is 6.07 Å². The maximum absolute atomic E-state index is 13.1. The Hall–Kier alpha value is -3.67. The molecule has 3 heterocycles. The molecule has 1 aliphatic carbocycles. The summed E-state index contributed by atoms with van der Waals surface area (Å²) < 4.78 is 13.6. The number of likely N-dealkylation sites (N-methyl/N-ethyl adjacent to an activating group) is 1. The van der Waals surface area contributed by atoms with Crippen LogP contribution in [-0.4, -0.2) is 100 Å². The fourth-order valence-electron chi connectivity index (χ4n) is 5.85. The first-order chi connectivity index (χ1) is 21.0. The largest absolute Gasteiger partial charge is 0.490 e. The molecule has 0 atom stereocenters. The Labute approximate surface area is 259 Å². The molecule has 5 rings (SSSR count). The number of hydrogen-bond donors (Lipinski definition) is 3. The van der Waals surface area contributed by atoms with E-state index >= 15 is 0 Å². The van der Waals surface area contributed by atoms with Gasteiger partial charge in [0.25, 0.3) is 11.8 Å². The number of nitrogens with zero attached hydrogens (tertiary/aromatic N) is 4. The number of piperazine rings is 1. The summed E-state index contributed by atoms with van der Waals surface area (Å²) in [5.74, 6) is 0.451. The Morgan fingerprint density at radius 2 is 1.82 bits per heavy atom. The normalized spacial score (nSPS) is 20.0. The van der Waals surface area contributed by atoms with Crippen molar-refractivity contribution >= 4 is 17.3 Å². The lowest BCUT2D eigenvalue weighted by atomic mass is 9.92. The van der Waals surface area contributed by atoms with Crippen LogP contribution in [0.3, 0.4) is 0 Å². The van der Waals surface area contributed by atoms with E-state index in [9.17, 15) is 14.7 Å². The van der Waals surface area contributed by atoms with Crippen LogP contribution in [0.5, 0.6) is 11.5 Å². The molecule has 2 amide bonds. The molecule has 2 aliphatic rings. The van der Waals surface area contributed by atoms with Crippen molar-refractivity contribution in [2.24, 2.45) is 5.73 Å². The third-order valence-corrected chi connectivity index (χ3v) is 8.48. The molecule has 0 spiro atoms. The SMILES string of the molecule is CN1CCN(CCCc2ccc(C(N)=O)c(OC3CCC(NC(=O)c4cnn5cc(OCC(C)(C)O)ccc45)CC3)c2)CC1. The molecule has 4 N–H and O–H groups in total. The number of carbonyl (C=O) groups excluding carboxylic acids is 2. The minimum absolute atomic E-state index is 0.0169. The smallest absolute Gasteiger partial charge is 0.255 e. The molecule has 1 aromatic carbocycles. The van der Waals surface area contributed by atoms with Crippen LogP contribution in [0.4, 0.5) is 0 Å². The summed E-state index contributed by atoms with van der Waals surface area (Å²) in [6, 6.07) is 9.32. The van der Waals surface area contributed by atoms with Crippen molar-refractivity contribution in [1.29, 1.82) is 0 Å². The number of primary amides is 1. The number of nitrogens with two attached hydrogens (primary N) is 1.